The number of imidazole rings is 1. The van der Waals surface area contributed by atoms with Crippen LogP contribution in [0.4, 0.5) is 10.3 Å². The number of halogens is 1. The van der Waals surface area contributed by atoms with Crippen LogP contribution in [0.3, 0.4) is 0 Å². The number of nitrogens with one attached hydrogen (secondary N) is 2. The number of nitrogens with zero attached hydrogens (tertiary/aromatic N) is 3. The third kappa shape index (κ3) is 4.23. The van der Waals surface area contributed by atoms with Gasteiger partial charge in [-0.1, -0.05) is 0 Å². The molecular weight excluding hydrogens is 393 g/mol. The number of anilines is 1. The molecule has 0 radical (unpaired) electrons. The third-order valence-electron chi connectivity index (χ3n) is 4.02. The van der Waals surface area contributed by atoms with Crippen molar-refractivity contribution in [3.63, 3.8) is 0 Å². The molecule has 1 fully saturated rings. The van der Waals surface area contributed by atoms with Crippen molar-refractivity contribution < 1.29 is 33.0 Å². The molecule has 12 nitrogen and oxygen atoms in total. The number of H-pyrrole nitrogens is 1. The van der Waals surface area contributed by atoms with Gasteiger partial charge in [0.2, 0.25) is 11.9 Å². The number of alkyl halides is 1. The Morgan fingerprint density at radius 2 is 2.03 bits per heavy atom. The van der Waals surface area contributed by atoms with Gasteiger partial charge in [0.15, 0.2) is 29.7 Å². The van der Waals surface area contributed by atoms with Crippen LogP contribution in [-0.4, -0.2) is 62.4 Å². The van der Waals surface area contributed by atoms with Gasteiger partial charge in [0.25, 0.3) is 5.56 Å². The van der Waals surface area contributed by atoms with Gasteiger partial charge < -0.3 is 14.2 Å². The van der Waals surface area contributed by atoms with Crippen LogP contribution >= 0.6 is 0 Å². The standard InChI is InChI=1S/C16H18FN5O7/c1-6(23)19-16-20-13-11(14(26)21-16)18-5-22(13)15-10(17)12(28-8(3)25)9(29-15)4-27-7(2)24/h5,9-10,12,15H,4H2,1-3H3,(H2,19,20,21,23,26)/t9-,10-,12-,15-/m1/s1. The topological polar surface area (TPSA) is 154 Å². The van der Waals surface area contributed by atoms with Crippen LogP contribution in [0.25, 0.3) is 11.2 Å². The zero-order chi connectivity index (χ0) is 21.3. The average molecular weight is 411 g/mol. The lowest BCUT2D eigenvalue weighted by molar-refractivity contribution is -0.156. The Hall–Kier alpha value is -3.35. The van der Waals surface area contributed by atoms with Crippen LogP contribution in [0.5, 0.6) is 0 Å². The summed E-state index contributed by atoms with van der Waals surface area (Å²) in [7, 11) is 0. The Bertz CT molecular complexity index is 1020. The van der Waals surface area contributed by atoms with Crippen LogP contribution in [0.15, 0.2) is 11.1 Å². The summed E-state index contributed by atoms with van der Waals surface area (Å²) in [6.07, 6.45) is -4.55. The lowest BCUT2D eigenvalue weighted by Gasteiger charge is -2.18. The number of aromatic amines is 1. The van der Waals surface area contributed by atoms with Crippen molar-refractivity contribution in [2.75, 3.05) is 11.9 Å². The second kappa shape index (κ2) is 7.95. The maximum absolute atomic E-state index is 15.1. The molecule has 1 aliphatic heterocycles. The highest BCUT2D eigenvalue weighted by molar-refractivity contribution is 5.87. The molecule has 2 aromatic rings. The first-order chi connectivity index (χ1) is 13.7. The highest BCUT2D eigenvalue weighted by Crippen LogP contribution is 2.35. The number of aromatic nitrogens is 4. The minimum Gasteiger partial charge on any atom is -0.463 e. The van der Waals surface area contributed by atoms with Gasteiger partial charge >= 0.3 is 11.9 Å². The van der Waals surface area contributed by atoms with E-state index in [2.05, 4.69) is 20.3 Å². The number of ether oxygens (including phenoxy) is 3. The van der Waals surface area contributed by atoms with Crippen LogP contribution < -0.4 is 10.9 Å². The highest BCUT2D eigenvalue weighted by Gasteiger charge is 2.49. The second-order valence-electron chi connectivity index (χ2n) is 6.31. The number of rotatable bonds is 5. The molecule has 0 spiro atoms. The molecule has 0 bridgehead atoms. The van der Waals surface area contributed by atoms with Gasteiger partial charge in [0, 0.05) is 20.8 Å². The Morgan fingerprint density at radius 1 is 1.31 bits per heavy atom. The van der Waals surface area contributed by atoms with Gasteiger partial charge in [-0.2, -0.15) is 4.98 Å². The summed E-state index contributed by atoms with van der Waals surface area (Å²) in [4.78, 5) is 56.2. The first-order valence-corrected chi connectivity index (χ1v) is 8.52. The van der Waals surface area contributed by atoms with Crippen molar-refractivity contribution in [1.29, 1.82) is 0 Å². The van der Waals surface area contributed by atoms with Gasteiger partial charge in [0.05, 0.1) is 6.33 Å². The van der Waals surface area contributed by atoms with E-state index in [1.54, 1.807) is 0 Å². The molecule has 2 N–H and O–H groups in total. The minimum atomic E-state index is -1.87. The van der Waals surface area contributed by atoms with Crippen molar-refractivity contribution in [1.82, 2.24) is 19.5 Å². The smallest absolute Gasteiger partial charge is 0.303 e. The lowest BCUT2D eigenvalue weighted by atomic mass is 10.1. The molecule has 29 heavy (non-hydrogen) atoms. The Labute approximate surface area is 162 Å². The maximum atomic E-state index is 15.1. The molecule has 0 aliphatic carbocycles. The van der Waals surface area contributed by atoms with Crippen LogP contribution in [0.2, 0.25) is 0 Å². The molecule has 0 unspecified atom stereocenters. The fourth-order valence-corrected chi connectivity index (χ4v) is 2.92. The molecule has 13 heteroatoms. The fraction of sp³-hybridized carbons (Fsp3) is 0.500. The number of carbonyl (C=O) groups is 3. The molecule has 156 valence electrons. The zero-order valence-electron chi connectivity index (χ0n) is 15.7. The molecule has 1 amide bonds. The summed E-state index contributed by atoms with van der Waals surface area (Å²) in [5.74, 6) is -1.99. The molecule has 4 atom stereocenters. The summed E-state index contributed by atoms with van der Waals surface area (Å²) in [6.45, 7) is 3.16. The van der Waals surface area contributed by atoms with Gasteiger partial charge in [0.1, 0.15) is 12.7 Å². The van der Waals surface area contributed by atoms with Crippen LogP contribution in [-0.2, 0) is 28.6 Å². The predicted molar refractivity (Wildman–Crippen MR) is 93.4 cm³/mol. The van der Waals surface area contributed by atoms with E-state index >= 15 is 4.39 Å². The number of hydrogen-bond donors (Lipinski definition) is 2. The quantitative estimate of drug-likeness (QED) is 0.637. The van der Waals surface area contributed by atoms with E-state index in [-0.39, 0.29) is 23.7 Å². The van der Waals surface area contributed by atoms with Gasteiger partial charge in [-0.25, -0.2) is 9.37 Å². The molecule has 2 aromatic heterocycles. The molecular formula is C16H18FN5O7. The fourth-order valence-electron chi connectivity index (χ4n) is 2.92. The van der Waals surface area contributed by atoms with Crippen molar-refractivity contribution in [3.8, 4) is 0 Å². The number of fused-ring (bicyclic) bond motifs is 1. The summed E-state index contributed by atoms with van der Waals surface area (Å²) >= 11 is 0. The van der Waals surface area contributed by atoms with Crippen LogP contribution in [0, 0.1) is 0 Å². The SMILES string of the molecule is CC(=O)Nc1nc2c(ncn2[C@@H]2O[C@H](COC(C)=O)[C@@H](OC(C)=O)[C@H]2F)c(=O)[nH]1. The minimum absolute atomic E-state index is 0.0557. The number of esters is 2. The van der Waals surface area contributed by atoms with Gasteiger partial charge in [-0.3, -0.25) is 34.0 Å². The zero-order valence-corrected chi connectivity index (χ0v) is 15.7. The summed E-state index contributed by atoms with van der Waals surface area (Å²) in [5, 5.41) is 2.32. The first-order valence-electron chi connectivity index (χ1n) is 8.52. The number of amides is 1. The van der Waals surface area contributed by atoms with E-state index in [0.29, 0.717) is 0 Å². The van der Waals surface area contributed by atoms with E-state index in [9.17, 15) is 19.2 Å². The molecule has 3 rings (SSSR count). The summed E-state index contributed by atoms with van der Waals surface area (Å²) < 4.78 is 31.7. The number of hydrogen-bond acceptors (Lipinski definition) is 9. The molecule has 1 saturated heterocycles. The predicted octanol–water partition coefficient (Wildman–Crippen LogP) is -0.192. The van der Waals surface area contributed by atoms with Crippen molar-refractivity contribution in [3.05, 3.63) is 16.7 Å². The van der Waals surface area contributed by atoms with Crippen molar-refractivity contribution in [2.45, 2.75) is 45.4 Å². The highest BCUT2D eigenvalue weighted by atomic mass is 19.1. The first kappa shape index (κ1) is 20.4. The largest absolute Gasteiger partial charge is 0.463 e. The monoisotopic (exact) mass is 411 g/mol. The van der Waals surface area contributed by atoms with Gasteiger partial charge in [-0.05, 0) is 0 Å². The molecule has 3 heterocycles. The van der Waals surface area contributed by atoms with E-state index in [1.165, 1.54) is 13.8 Å². The van der Waals surface area contributed by atoms with Crippen LogP contribution in [0.1, 0.15) is 27.0 Å². The Morgan fingerprint density at radius 3 is 2.66 bits per heavy atom. The van der Waals surface area contributed by atoms with E-state index < -0.39 is 48.0 Å². The third-order valence-corrected chi connectivity index (χ3v) is 4.02. The average Bonchev–Trinajstić information content (AvgIpc) is 3.15. The summed E-state index contributed by atoms with van der Waals surface area (Å²) in [6, 6.07) is 0. The van der Waals surface area contributed by atoms with Gasteiger partial charge in [-0.15, -0.1) is 0 Å². The van der Waals surface area contributed by atoms with Crippen molar-refractivity contribution in [2.24, 2.45) is 0 Å². The van der Waals surface area contributed by atoms with E-state index in [0.717, 1.165) is 17.8 Å². The van der Waals surface area contributed by atoms with E-state index in [1.807, 2.05) is 0 Å². The maximum Gasteiger partial charge on any atom is 0.303 e. The van der Waals surface area contributed by atoms with E-state index in [4.69, 9.17) is 14.2 Å². The molecule has 1 aliphatic rings. The Balaban J connectivity index is 1.98. The molecule has 0 saturated carbocycles. The Kier molecular flexibility index (Phi) is 5.59. The lowest BCUT2D eigenvalue weighted by Crippen LogP contribution is -2.36. The molecule has 0 aromatic carbocycles. The summed E-state index contributed by atoms with van der Waals surface area (Å²) in [5.41, 5.74) is -0.818. The normalized spacial score (nSPS) is 23.7. The van der Waals surface area contributed by atoms with Crippen molar-refractivity contribution >= 4 is 35.0 Å². The number of carbonyl (C=O) groups excluding carboxylic acids is 3. The second-order valence-corrected chi connectivity index (χ2v) is 6.31.